The Labute approximate surface area is 126 Å². The molecular formula is C12H20N6O2S. The van der Waals surface area contributed by atoms with Gasteiger partial charge in [0.15, 0.2) is 5.13 Å². The van der Waals surface area contributed by atoms with Crippen molar-refractivity contribution in [2.24, 2.45) is 11.5 Å². The lowest BCUT2D eigenvalue weighted by molar-refractivity contribution is -0.118. The molecule has 2 amide bonds. The van der Waals surface area contributed by atoms with Gasteiger partial charge in [0.1, 0.15) is 10.7 Å². The smallest absolute Gasteiger partial charge is 0.265 e. The van der Waals surface area contributed by atoms with Gasteiger partial charge in [-0.05, 0) is 13.3 Å². The molecule has 2 rings (SSSR count). The van der Waals surface area contributed by atoms with Crippen LogP contribution in [-0.4, -0.2) is 42.0 Å². The van der Waals surface area contributed by atoms with Crippen LogP contribution in [0.4, 0.5) is 10.9 Å². The van der Waals surface area contributed by atoms with Gasteiger partial charge in [0, 0.05) is 31.6 Å². The summed E-state index contributed by atoms with van der Waals surface area (Å²) in [6, 6.07) is -0.219. The highest BCUT2D eigenvalue weighted by Gasteiger charge is 2.25. The molecule has 2 unspecified atom stereocenters. The van der Waals surface area contributed by atoms with E-state index in [9.17, 15) is 9.59 Å². The third-order valence-corrected chi connectivity index (χ3v) is 4.36. The quantitative estimate of drug-likeness (QED) is 0.564. The molecular weight excluding hydrogens is 292 g/mol. The number of carbonyl (C=O) groups excluding carboxylic acids is 2. The largest absolute Gasteiger partial charge is 0.382 e. The Bertz CT molecular complexity index is 546. The third kappa shape index (κ3) is 3.82. The van der Waals surface area contributed by atoms with Gasteiger partial charge in [-0.1, -0.05) is 11.3 Å². The van der Waals surface area contributed by atoms with Crippen LogP contribution in [0.1, 0.15) is 29.4 Å². The summed E-state index contributed by atoms with van der Waals surface area (Å²) < 4.78 is 0. The number of nitrogens with zero attached hydrogens (tertiary/aromatic N) is 2. The van der Waals surface area contributed by atoms with Crippen molar-refractivity contribution >= 4 is 34.1 Å². The average Bonchev–Trinajstić information content (AvgIpc) is 2.94. The fourth-order valence-corrected chi connectivity index (χ4v) is 3.14. The Kier molecular flexibility index (Phi) is 4.63. The minimum absolute atomic E-state index is 0.0816. The number of nitrogen functional groups attached to an aromatic ring is 1. The second-order valence-electron chi connectivity index (χ2n) is 5.25. The molecule has 7 N–H and O–H groups in total. The first-order valence-electron chi connectivity index (χ1n) is 6.72. The van der Waals surface area contributed by atoms with E-state index in [2.05, 4.69) is 10.3 Å². The average molecular weight is 312 g/mol. The summed E-state index contributed by atoms with van der Waals surface area (Å²) >= 11 is 1.23. The lowest BCUT2D eigenvalue weighted by Crippen LogP contribution is -2.35. The molecule has 1 aromatic heterocycles. The molecule has 1 aromatic rings. The van der Waals surface area contributed by atoms with Crippen molar-refractivity contribution < 1.29 is 9.59 Å². The SMILES string of the molecule is CC(CC(N)=O)NC(=O)c1sc(N2CCC(N)C2)nc1N. The number of hydrogen-bond donors (Lipinski definition) is 4. The van der Waals surface area contributed by atoms with Gasteiger partial charge in [-0.3, -0.25) is 9.59 Å². The summed E-state index contributed by atoms with van der Waals surface area (Å²) in [7, 11) is 0. The molecule has 1 saturated heterocycles. The van der Waals surface area contributed by atoms with Crippen molar-refractivity contribution in [3.8, 4) is 0 Å². The topological polar surface area (TPSA) is 140 Å². The molecule has 0 aliphatic carbocycles. The van der Waals surface area contributed by atoms with Crippen LogP contribution in [0, 0.1) is 0 Å². The van der Waals surface area contributed by atoms with Gasteiger partial charge in [0.25, 0.3) is 5.91 Å². The number of primary amides is 1. The molecule has 2 heterocycles. The molecule has 1 aliphatic rings. The zero-order chi connectivity index (χ0) is 15.6. The van der Waals surface area contributed by atoms with Crippen LogP contribution in [0.25, 0.3) is 0 Å². The highest BCUT2D eigenvalue weighted by atomic mass is 32.1. The van der Waals surface area contributed by atoms with E-state index in [1.807, 2.05) is 4.90 Å². The van der Waals surface area contributed by atoms with Crippen LogP contribution in [0.2, 0.25) is 0 Å². The maximum Gasteiger partial charge on any atom is 0.265 e. The Hall–Kier alpha value is -1.87. The van der Waals surface area contributed by atoms with Crippen LogP contribution in [0.3, 0.4) is 0 Å². The molecule has 0 saturated carbocycles. The number of nitrogens with one attached hydrogen (secondary N) is 1. The number of hydrogen-bond acceptors (Lipinski definition) is 7. The Morgan fingerprint density at radius 2 is 2.29 bits per heavy atom. The molecule has 1 fully saturated rings. The summed E-state index contributed by atoms with van der Waals surface area (Å²) in [5.41, 5.74) is 16.8. The van der Waals surface area contributed by atoms with Crippen molar-refractivity contribution in [2.75, 3.05) is 23.7 Å². The molecule has 0 aromatic carbocycles. The van der Waals surface area contributed by atoms with Crippen LogP contribution >= 0.6 is 11.3 Å². The number of nitrogens with two attached hydrogens (primary N) is 3. The summed E-state index contributed by atoms with van der Waals surface area (Å²) in [6.07, 6.45) is 0.981. The van der Waals surface area contributed by atoms with Crippen molar-refractivity contribution in [2.45, 2.75) is 31.8 Å². The molecule has 116 valence electrons. The number of amides is 2. The molecule has 1 aliphatic heterocycles. The van der Waals surface area contributed by atoms with Gasteiger partial charge in [-0.15, -0.1) is 0 Å². The van der Waals surface area contributed by atoms with E-state index in [0.29, 0.717) is 16.6 Å². The highest BCUT2D eigenvalue weighted by molar-refractivity contribution is 7.18. The van der Waals surface area contributed by atoms with Crippen molar-refractivity contribution in [3.05, 3.63) is 4.88 Å². The van der Waals surface area contributed by atoms with E-state index in [4.69, 9.17) is 17.2 Å². The molecule has 8 nitrogen and oxygen atoms in total. The summed E-state index contributed by atoms with van der Waals surface area (Å²) in [5, 5.41) is 3.39. The van der Waals surface area contributed by atoms with Crippen molar-refractivity contribution in [1.29, 1.82) is 0 Å². The van der Waals surface area contributed by atoms with Gasteiger partial charge >= 0.3 is 0 Å². The van der Waals surface area contributed by atoms with Crippen molar-refractivity contribution in [1.82, 2.24) is 10.3 Å². The zero-order valence-corrected chi connectivity index (χ0v) is 12.7. The number of rotatable bonds is 5. The first-order chi connectivity index (χ1) is 9.86. The van der Waals surface area contributed by atoms with E-state index in [1.54, 1.807) is 6.92 Å². The Balaban J connectivity index is 2.04. The second kappa shape index (κ2) is 6.27. The van der Waals surface area contributed by atoms with Gasteiger partial charge in [0.05, 0.1) is 0 Å². The predicted octanol–water partition coefficient (Wildman–Crippen LogP) is -0.744. The van der Waals surface area contributed by atoms with E-state index in [1.165, 1.54) is 11.3 Å². The van der Waals surface area contributed by atoms with E-state index < -0.39 is 5.91 Å². The standard InChI is InChI=1S/C12H20N6O2S/c1-6(4-8(14)19)16-11(20)9-10(15)17-12(21-9)18-3-2-7(13)5-18/h6-7H,2-5,13,15H2,1H3,(H2,14,19)(H,16,20). The highest BCUT2D eigenvalue weighted by Crippen LogP contribution is 2.30. The lowest BCUT2D eigenvalue weighted by Gasteiger charge is -2.13. The minimum atomic E-state index is -0.466. The number of aromatic nitrogens is 1. The lowest BCUT2D eigenvalue weighted by atomic mass is 10.2. The summed E-state index contributed by atoms with van der Waals surface area (Å²) in [4.78, 5) is 29.6. The Morgan fingerprint density at radius 3 is 2.86 bits per heavy atom. The maximum atomic E-state index is 12.1. The monoisotopic (exact) mass is 312 g/mol. The summed E-state index contributed by atoms with van der Waals surface area (Å²) in [6.45, 7) is 3.24. The van der Waals surface area contributed by atoms with Crippen molar-refractivity contribution in [3.63, 3.8) is 0 Å². The molecule has 0 radical (unpaired) electrons. The van der Waals surface area contributed by atoms with Crippen LogP contribution in [-0.2, 0) is 4.79 Å². The van der Waals surface area contributed by atoms with Gasteiger partial charge in [0.2, 0.25) is 5.91 Å². The number of thiazole rings is 1. The minimum Gasteiger partial charge on any atom is -0.382 e. The van der Waals surface area contributed by atoms with Gasteiger partial charge in [-0.2, -0.15) is 0 Å². The normalized spacial score (nSPS) is 19.5. The maximum absolute atomic E-state index is 12.1. The molecule has 0 spiro atoms. The van der Waals surface area contributed by atoms with Crippen LogP contribution in [0.15, 0.2) is 0 Å². The van der Waals surface area contributed by atoms with Crippen LogP contribution < -0.4 is 27.4 Å². The zero-order valence-electron chi connectivity index (χ0n) is 11.8. The van der Waals surface area contributed by atoms with E-state index >= 15 is 0 Å². The molecule has 2 atom stereocenters. The third-order valence-electron chi connectivity index (χ3n) is 3.23. The number of carbonyl (C=O) groups is 2. The fourth-order valence-electron chi connectivity index (χ4n) is 2.22. The predicted molar refractivity (Wildman–Crippen MR) is 82.1 cm³/mol. The molecule has 21 heavy (non-hydrogen) atoms. The number of anilines is 2. The van der Waals surface area contributed by atoms with E-state index in [-0.39, 0.29) is 30.2 Å². The Morgan fingerprint density at radius 1 is 1.57 bits per heavy atom. The second-order valence-corrected chi connectivity index (χ2v) is 6.23. The van der Waals surface area contributed by atoms with Crippen LogP contribution in [0.5, 0.6) is 0 Å². The molecule has 0 bridgehead atoms. The summed E-state index contributed by atoms with van der Waals surface area (Å²) in [5.74, 6) is -0.612. The molecule has 9 heteroatoms. The first kappa shape index (κ1) is 15.5. The van der Waals surface area contributed by atoms with E-state index in [0.717, 1.165) is 13.0 Å². The van der Waals surface area contributed by atoms with Gasteiger partial charge in [-0.25, -0.2) is 4.98 Å². The first-order valence-corrected chi connectivity index (χ1v) is 7.54. The van der Waals surface area contributed by atoms with Gasteiger partial charge < -0.3 is 27.4 Å². The fraction of sp³-hybridized carbons (Fsp3) is 0.583.